The Labute approximate surface area is 203 Å². The van der Waals surface area contributed by atoms with E-state index in [-0.39, 0.29) is 12.4 Å². The molecule has 0 saturated carbocycles. The van der Waals surface area contributed by atoms with Gasteiger partial charge < -0.3 is 30.2 Å². The quantitative estimate of drug-likeness (QED) is 0.125. The summed E-state index contributed by atoms with van der Waals surface area (Å²) in [6.45, 7) is 18.9. The Balaban J connectivity index is 0. The van der Waals surface area contributed by atoms with Gasteiger partial charge in [-0.15, -0.1) is 0 Å². The maximum Gasteiger partial charge on any atom is 0.559 e. The topological polar surface area (TPSA) is 27.7 Å². The minimum atomic E-state index is -2.66. The van der Waals surface area contributed by atoms with Crippen LogP contribution in [0.1, 0.15) is 119 Å². The minimum Gasteiger partial charge on any atom is -1.00 e. The molecule has 0 saturated heterocycles. The van der Waals surface area contributed by atoms with Gasteiger partial charge in [-0.3, -0.25) is 0 Å². The monoisotopic (exact) mass is 481 g/mol. The van der Waals surface area contributed by atoms with Crippen LogP contribution in [0.3, 0.4) is 0 Å². The summed E-state index contributed by atoms with van der Waals surface area (Å²) >= 11 is 0. The lowest BCUT2D eigenvalue weighted by molar-refractivity contribution is -0.921. The van der Waals surface area contributed by atoms with Crippen LogP contribution in [0.15, 0.2) is 0 Å². The lowest BCUT2D eigenvalue weighted by Crippen LogP contribution is -3.00. The molecular formula is C25H56ClNO3Si. The zero-order valence-electron chi connectivity index (χ0n) is 22.0. The molecule has 6 heteroatoms. The number of halogens is 1. The molecule has 0 atom stereocenters. The summed E-state index contributed by atoms with van der Waals surface area (Å²) in [6, 6.07) is 0. The van der Waals surface area contributed by atoms with Gasteiger partial charge in [0.15, 0.2) is 0 Å². The van der Waals surface area contributed by atoms with Crippen LogP contribution < -0.4 is 12.4 Å². The molecule has 0 fully saturated rings. The lowest BCUT2D eigenvalue weighted by atomic mass is 10.1. The van der Waals surface area contributed by atoms with Gasteiger partial charge in [0.1, 0.15) is 6.17 Å². The molecule has 0 unspecified atom stereocenters. The van der Waals surface area contributed by atoms with Crippen molar-refractivity contribution in [2.24, 2.45) is 0 Å². The highest BCUT2D eigenvalue weighted by atomic mass is 35.5. The van der Waals surface area contributed by atoms with Crippen LogP contribution in [-0.4, -0.2) is 58.9 Å². The van der Waals surface area contributed by atoms with Crippen LogP contribution in [0.2, 0.25) is 0 Å². The summed E-state index contributed by atoms with van der Waals surface area (Å²) in [7, 11) is -2.66. The number of hydrogen-bond donors (Lipinski definition) is 0. The fraction of sp³-hybridized carbons (Fsp3) is 1.00. The Hall–Kier alpha value is 0.347. The van der Waals surface area contributed by atoms with Crippen molar-refractivity contribution in [3.05, 3.63) is 0 Å². The third kappa shape index (κ3) is 15.8. The zero-order chi connectivity index (χ0) is 22.6. The van der Waals surface area contributed by atoms with Gasteiger partial charge in [0.2, 0.25) is 0 Å². The molecule has 0 aromatic carbocycles. The van der Waals surface area contributed by atoms with Crippen molar-refractivity contribution in [2.45, 2.75) is 119 Å². The van der Waals surface area contributed by atoms with Gasteiger partial charge in [-0.25, -0.2) is 0 Å². The van der Waals surface area contributed by atoms with E-state index in [1.165, 1.54) is 96.7 Å². The third-order valence-electron chi connectivity index (χ3n) is 6.08. The maximum atomic E-state index is 6.33. The normalized spacial score (nSPS) is 12.2. The van der Waals surface area contributed by atoms with Crippen LogP contribution in [-0.2, 0) is 13.3 Å². The average Bonchev–Trinajstić information content (AvgIpc) is 2.72. The first-order chi connectivity index (χ1) is 14.6. The molecule has 0 heterocycles. The smallest absolute Gasteiger partial charge is 0.559 e. The number of nitrogens with zero attached hydrogens (tertiary/aromatic N) is 1. The molecule has 0 spiro atoms. The van der Waals surface area contributed by atoms with Crippen molar-refractivity contribution in [3.63, 3.8) is 0 Å². The number of rotatable bonds is 23. The second kappa shape index (κ2) is 22.2. The third-order valence-corrected chi connectivity index (χ3v) is 9.32. The summed E-state index contributed by atoms with van der Waals surface area (Å²) in [5.74, 6) is 0. The maximum absolute atomic E-state index is 6.33. The number of hydrogen-bond acceptors (Lipinski definition) is 3. The van der Waals surface area contributed by atoms with E-state index in [4.69, 9.17) is 13.3 Å². The molecule has 0 aliphatic rings. The van der Waals surface area contributed by atoms with E-state index in [0.717, 1.165) is 10.7 Å². The average molecular weight is 482 g/mol. The summed E-state index contributed by atoms with van der Waals surface area (Å²) in [5.41, 5.74) is 0. The highest BCUT2D eigenvalue weighted by molar-refractivity contribution is 6.60. The predicted molar refractivity (Wildman–Crippen MR) is 133 cm³/mol. The summed E-state index contributed by atoms with van der Waals surface area (Å²) in [6.07, 6.45) is 16.8. The highest BCUT2D eigenvalue weighted by Crippen LogP contribution is 2.23. The molecule has 0 amide bonds. The molecule has 0 bridgehead atoms. The predicted octanol–water partition coefficient (Wildman–Crippen LogP) is 4.14. The first-order valence-electron chi connectivity index (χ1n) is 13.3. The zero-order valence-corrected chi connectivity index (χ0v) is 23.7. The molecular weight excluding hydrogens is 426 g/mol. The van der Waals surface area contributed by atoms with Crippen LogP contribution in [0, 0.1) is 0 Å². The second-order valence-electron chi connectivity index (χ2n) is 8.83. The van der Waals surface area contributed by atoms with E-state index in [0.29, 0.717) is 19.8 Å². The summed E-state index contributed by atoms with van der Waals surface area (Å²) < 4.78 is 20.1. The lowest BCUT2D eigenvalue weighted by Gasteiger charge is -2.43. The molecule has 31 heavy (non-hydrogen) atoms. The van der Waals surface area contributed by atoms with E-state index in [1.54, 1.807) is 0 Å². The van der Waals surface area contributed by atoms with Gasteiger partial charge in [0, 0.05) is 19.8 Å². The molecule has 4 nitrogen and oxygen atoms in total. The van der Waals surface area contributed by atoms with E-state index >= 15 is 0 Å². The summed E-state index contributed by atoms with van der Waals surface area (Å²) in [5, 5.41) is 0. The van der Waals surface area contributed by atoms with Crippen molar-refractivity contribution >= 4 is 8.80 Å². The first-order valence-corrected chi connectivity index (χ1v) is 15.3. The minimum absolute atomic E-state index is 0. The second-order valence-corrected chi connectivity index (χ2v) is 11.4. The molecule has 190 valence electrons. The SMILES string of the molecule is CCCCCC[N+](CCCCCC)(CCCCCC)C[Si](OCC)(OCC)OCC.[Cl-]. The Morgan fingerprint density at radius 2 is 0.806 bits per heavy atom. The van der Waals surface area contributed by atoms with Gasteiger partial charge >= 0.3 is 8.80 Å². The van der Waals surface area contributed by atoms with Crippen LogP contribution >= 0.6 is 0 Å². The highest BCUT2D eigenvalue weighted by Gasteiger charge is 2.49. The van der Waals surface area contributed by atoms with Gasteiger partial charge in [-0.05, 0) is 59.3 Å². The molecule has 0 rings (SSSR count). The fourth-order valence-corrected chi connectivity index (χ4v) is 7.67. The fourth-order valence-electron chi connectivity index (χ4n) is 4.53. The van der Waals surface area contributed by atoms with Gasteiger partial charge in [-0.1, -0.05) is 59.3 Å². The van der Waals surface area contributed by atoms with E-state index in [2.05, 4.69) is 41.5 Å². The van der Waals surface area contributed by atoms with Gasteiger partial charge in [0.05, 0.1) is 19.6 Å². The molecule has 0 aromatic rings. The molecule has 0 aliphatic carbocycles. The van der Waals surface area contributed by atoms with Crippen LogP contribution in [0.25, 0.3) is 0 Å². The standard InChI is InChI=1S/C25H56NO3Si.ClH/c1-7-13-16-19-22-26(23-20-17-14-8-2,24-21-18-15-9-3)25-30(27-10-4,28-11-5)29-12-6;/h7-25H2,1-6H3;1H/q+1;/p-1. The Morgan fingerprint density at radius 1 is 0.484 bits per heavy atom. The Bertz CT molecular complexity index is 326. The van der Waals surface area contributed by atoms with E-state index < -0.39 is 8.80 Å². The van der Waals surface area contributed by atoms with Crippen molar-refractivity contribution < 1.29 is 30.2 Å². The number of quaternary nitrogens is 1. The van der Waals surface area contributed by atoms with Crippen molar-refractivity contribution in [1.29, 1.82) is 0 Å². The molecule has 0 aliphatic heterocycles. The van der Waals surface area contributed by atoms with Gasteiger partial charge in [0.25, 0.3) is 0 Å². The van der Waals surface area contributed by atoms with Crippen molar-refractivity contribution in [2.75, 3.05) is 45.6 Å². The van der Waals surface area contributed by atoms with E-state index in [1.807, 2.05) is 0 Å². The molecule has 0 aromatic heterocycles. The summed E-state index contributed by atoms with van der Waals surface area (Å²) in [4.78, 5) is 0. The van der Waals surface area contributed by atoms with Crippen LogP contribution in [0.5, 0.6) is 0 Å². The Kier molecular flexibility index (Phi) is 24.0. The first kappa shape index (κ1) is 33.5. The number of unbranched alkanes of at least 4 members (excludes halogenated alkanes) is 9. The van der Waals surface area contributed by atoms with Crippen molar-refractivity contribution in [1.82, 2.24) is 0 Å². The Morgan fingerprint density at radius 3 is 1.06 bits per heavy atom. The van der Waals surface area contributed by atoms with E-state index in [9.17, 15) is 0 Å². The molecule has 0 radical (unpaired) electrons. The van der Waals surface area contributed by atoms with Crippen molar-refractivity contribution in [3.8, 4) is 0 Å². The molecule has 0 N–H and O–H groups in total. The van der Waals surface area contributed by atoms with Gasteiger partial charge in [-0.2, -0.15) is 0 Å². The largest absolute Gasteiger partial charge is 1.00 e. The van der Waals surface area contributed by atoms with Crippen LogP contribution in [0.4, 0.5) is 0 Å².